The van der Waals surface area contributed by atoms with Crippen LogP contribution < -0.4 is 5.48 Å². The van der Waals surface area contributed by atoms with Crippen LogP contribution in [0, 0.1) is 0 Å². The fourth-order valence-electron chi connectivity index (χ4n) is 1.53. The van der Waals surface area contributed by atoms with Gasteiger partial charge in [-0.05, 0) is 35.4 Å². The van der Waals surface area contributed by atoms with Gasteiger partial charge in [-0.15, -0.1) is 0 Å². The molecule has 2 aromatic carbocycles. The van der Waals surface area contributed by atoms with Gasteiger partial charge in [0, 0.05) is 12.1 Å². The van der Waals surface area contributed by atoms with Crippen molar-refractivity contribution in [2.75, 3.05) is 0 Å². The number of phenols is 2. The highest BCUT2D eigenvalue weighted by molar-refractivity contribution is 5.71. The number of rotatable bonds is 3. The van der Waals surface area contributed by atoms with E-state index in [0.29, 0.717) is 0 Å². The van der Waals surface area contributed by atoms with E-state index >= 15 is 0 Å². The molecule has 18 heavy (non-hydrogen) atoms. The summed E-state index contributed by atoms with van der Waals surface area (Å²) in [6.45, 7) is 0. The number of hydrogen-bond acceptors (Lipinski definition) is 3. The van der Waals surface area contributed by atoms with Gasteiger partial charge >= 0.3 is 0 Å². The smallest absolute Gasteiger partial charge is 0.161 e. The average Bonchev–Trinajstić information content (AvgIpc) is 2.41. The van der Waals surface area contributed by atoms with E-state index in [2.05, 4.69) is 0 Å². The Morgan fingerprint density at radius 1 is 0.778 bits per heavy atom. The first-order valence-corrected chi connectivity index (χ1v) is 5.46. The highest BCUT2D eigenvalue weighted by Gasteiger charge is 1.98. The summed E-state index contributed by atoms with van der Waals surface area (Å²) in [6, 6.07) is 12.0. The van der Waals surface area contributed by atoms with E-state index in [1.54, 1.807) is 18.2 Å². The van der Waals surface area contributed by atoms with Gasteiger partial charge in [0.05, 0.1) is 0 Å². The molecule has 92 valence electrons. The minimum absolute atomic E-state index is 0.130. The van der Waals surface area contributed by atoms with Gasteiger partial charge in [0.15, 0.2) is 17.2 Å². The molecule has 0 bridgehead atoms. The van der Waals surface area contributed by atoms with Crippen molar-refractivity contribution in [3.63, 3.8) is 0 Å². The maximum atomic E-state index is 9.35. The van der Waals surface area contributed by atoms with Crippen molar-refractivity contribution in [2.45, 2.75) is 0 Å². The predicted octanol–water partition coefficient (Wildman–Crippen LogP) is 1.85. The third-order valence-electron chi connectivity index (χ3n) is 2.55. The highest BCUT2D eigenvalue weighted by atomic mass is 16.5. The molecule has 0 aromatic heterocycles. The number of benzene rings is 2. The predicted molar refractivity (Wildman–Crippen MR) is 68.5 cm³/mol. The molecule has 0 aliphatic carbocycles. The van der Waals surface area contributed by atoms with Crippen LogP contribution in [0.1, 0.15) is 11.1 Å². The molecule has 0 fully saturated rings. The van der Waals surface area contributed by atoms with Crippen LogP contribution in [-0.2, 0) is 0 Å². The van der Waals surface area contributed by atoms with Crippen LogP contribution in [0.2, 0.25) is 0 Å². The van der Waals surface area contributed by atoms with E-state index in [9.17, 15) is 10.2 Å². The lowest BCUT2D eigenvalue weighted by atomic mass is 10.1. The Kier molecular flexibility index (Phi) is 3.62. The topological polar surface area (TPSA) is 77.3 Å². The van der Waals surface area contributed by atoms with Crippen molar-refractivity contribution in [3.05, 3.63) is 53.6 Å². The van der Waals surface area contributed by atoms with Gasteiger partial charge in [0.2, 0.25) is 0 Å². The van der Waals surface area contributed by atoms with Crippen molar-refractivity contribution < 1.29 is 20.9 Å². The Morgan fingerprint density at radius 3 is 2.00 bits per heavy atom. The molecular formula is C14H14NO3+. The summed E-state index contributed by atoms with van der Waals surface area (Å²) in [6.07, 6.45) is 3.71. The third kappa shape index (κ3) is 2.88. The van der Waals surface area contributed by atoms with Crippen LogP contribution in [0.5, 0.6) is 11.5 Å². The molecule has 4 nitrogen and oxygen atoms in total. The van der Waals surface area contributed by atoms with Gasteiger partial charge in [-0.1, -0.05) is 18.2 Å². The lowest BCUT2D eigenvalue weighted by Crippen LogP contribution is -2.73. The van der Waals surface area contributed by atoms with Crippen LogP contribution in [0.3, 0.4) is 0 Å². The minimum atomic E-state index is -0.137. The molecule has 0 spiro atoms. The highest BCUT2D eigenvalue weighted by Crippen LogP contribution is 2.25. The monoisotopic (exact) mass is 244 g/mol. The van der Waals surface area contributed by atoms with Gasteiger partial charge < -0.3 is 10.2 Å². The summed E-state index contributed by atoms with van der Waals surface area (Å²) in [5, 5.41) is 27.3. The summed E-state index contributed by atoms with van der Waals surface area (Å²) in [4.78, 5) is 0. The molecule has 0 aliphatic heterocycles. The van der Waals surface area contributed by atoms with Crippen LogP contribution in [0.15, 0.2) is 42.5 Å². The van der Waals surface area contributed by atoms with E-state index in [1.165, 1.54) is 12.1 Å². The normalized spacial score (nSPS) is 10.9. The van der Waals surface area contributed by atoms with E-state index in [0.717, 1.165) is 22.3 Å². The van der Waals surface area contributed by atoms with E-state index < -0.39 is 0 Å². The van der Waals surface area contributed by atoms with Gasteiger partial charge in [-0.25, -0.2) is 5.21 Å². The molecule has 4 heteroatoms. The molecule has 0 atom stereocenters. The fraction of sp³-hybridized carbons (Fsp3) is 0. The molecule has 0 saturated heterocycles. The van der Waals surface area contributed by atoms with Gasteiger partial charge in [0.1, 0.15) is 0 Å². The zero-order valence-electron chi connectivity index (χ0n) is 9.62. The number of hydrogen-bond donors (Lipinski definition) is 4. The van der Waals surface area contributed by atoms with E-state index in [4.69, 9.17) is 5.21 Å². The molecular weight excluding hydrogens is 230 g/mol. The molecule has 5 N–H and O–H groups in total. The third-order valence-corrected chi connectivity index (χ3v) is 2.55. The van der Waals surface area contributed by atoms with Crippen molar-refractivity contribution in [2.24, 2.45) is 0 Å². The lowest BCUT2D eigenvalue weighted by molar-refractivity contribution is -0.825. The van der Waals surface area contributed by atoms with Crippen LogP contribution in [-0.4, -0.2) is 15.4 Å². The molecule has 0 saturated carbocycles. The van der Waals surface area contributed by atoms with Gasteiger partial charge in [-0.3, -0.25) is 0 Å². The molecule has 0 aliphatic rings. The molecule has 0 amide bonds. The maximum Gasteiger partial charge on any atom is 0.161 e. The Bertz CT molecular complexity index is 562. The van der Waals surface area contributed by atoms with E-state index in [-0.39, 0.29) is 11.5 Å². The number of phenolic OH excluding ortho intramolecular Hbond substituents is 2. The summed E-state index contributed by atoms with van der Waals surface area (Å²) in [7, 11) is 0. The summed E-state index contributed by atoms with van der Waals surface area (Å²) in [5.74, 6) is -0.266. The second-order valence-electron chi connectivity index (χ2n) is 3.88. The first kappa shape index (κ1) is 12.2. The first-order chi connectivity index (χ1) is 8.69. The van der Waals surface area contributed by atoms with Crippen LogP contribution >= 0.6 is 0 Å². The Balaban J connectivity index is 2.16. The molecule has 2 rings (SSSR count). The van der Waals surface area contributed by atoms with Crippen LogP contribution in [0.4, 0.5) is 5.69 Å². The quantitative estimate of drug-likeness (QED) is 0.288. The molecule has 0 radical (unpaired) electrons. The van der Waals surface area contributed by atoms with Gasteiger partial charge in [-0.2, -0.15) is 5.48 Å². The Hall–Kier alpha value is -2.30. The second kappa shape index (κ2) is 5.35. The number of quaternary nitrogens is 1. The fourth-order valence-corrected chi connectivity index (χ4v) is 1.53. The maximum absolute atomic E-state index is 9.35. The second-order valence-corrected chi connectivity index (χ2v) is 3.88. The minimum Gasteiger partial charge on any atom is -0.504 e. The number of nitrogens with two attached hydrogens (primary N) is 1. The molecule has 0 heterocycles. The van der Waals surface area contributed by atoms with Crippen molar-refractivity contribution in [3.8, 4) is 11.5 Å². The molecule has 0 unspecified atom stereocenters. The van der Waals surface area contributed by atoms with Gasteiger partial charge in [0.25, 0.3) is 0 Å². The standard InChI is InChI=1S/C14H13NO3/c16-13-8-5-11(9-14(13)17)2-1-10-3-6-12(15-18)7-4-10/h1-9,15-18H/p+1/b2-1+. The van der Waals surface area contributed by atoms with Crippen LogP contribution in [0.25, 0.3) is 12.2 Å². The van der Waals surface area contributed by atoms with Crippen molar-refractivity contribution in [1.82, 2.24) is 0 Å². The zero-order valence-corrected chi connectivity index (χ0v) is 9.62. The summed E-state index contributed by atoms with van der Waals surface area (Å²) in [5.41, 5.74) is 3.57. The van der Waals surface area contributed by atoms with Crippen molar-refractivity contribution >= 4 is 17.8 Å². The largest absolute Gasteiger partial charge is 0.504 e. The Labute approximate surface area is 104 Å². The molecule has 2 aromatic rings. The van der Waals surface area contributed by atoms with Crippen molar-refractivity contribution in [1.29, 1.82) is 0 Å². The lowest BCUT2D eigenvalue weighted by Gasteiger charge is -1.99. The average molecular weight is 244 g/mol. The SMILES string of the molecule is O[NH2+]c1ccc(/C=C/c2ccc(O)c(O)c2)cc1. The Morgan fingerprint density at radius 2 is 1.39 bits per heavy atom. The first-order valence-electron chi connectivity index (χ1n) is 5.46. The summed E-state index contributed by atoms with van der Waals surface area (Å²) >= 11 is 0. The zero-order chi connectivity index (χ0) is 13.0. The van der Waals surface area contributed by atoms with E-state index in [1.807, 2.05) is 24.3 Å². The summed E-state index contributed by atoms with van der Waals surface area (Å²) < 4.78 is 0. The number of aromatic hydroxyl groups is 2.